The van der Waals surface area contributed by atoms with Crippen LogP contribution in [-0.2, 0) is 10.0 Å². The molecule has 0 radical (unpaired) electrons. The smallest absolute Gasteiger partial charge is 0.258 e. The van der Waals surface area contributed by atoms with Crippen molar-refractivity contribution in [3.8, 4) is 22.8 Å². The molecular formula is C17H17N3O3S. The van der Waals surface area contributed by atoms with Gasteiger partial charge in [-0.2, -0.15) is 4.98 Å². The maximum Gasteiger partial charge on any atom is 0.258 e. The zero-order chi connectivity index (χ0) is 17.2. The molecule has 7 heteroatoms. The Morgan fingerprint density at radius 2 is 1.83 bits per heavy atom. The molecule has 24 heavy (non-hydrogen) atoms. The lowest BCUT2D eigenvalue weighted by Gasteiger charge is -2.05. The lowest BCUT2D eigenvalue weighted by molar-refractivity contribution is 0.432. The van der Waals surface area contributed by atoms with Gasteiger partial charge >= 0.3 is 0 Å². The Kier molecular flexibility index (Phi) is 4.35. The van der Waals surface area contributed by atoms with E-state index in [2.05, 4.69) is 14.9 Å². The van der Waals surface area contributed by atoms with E-state index in [0.717, 1.165) is 16.7 Å². The highest BCUT2D eigenvalue weighted by Gasteiger charge is 2.11. The summed E-state index contributed by atoms with van der Waals surface area (Å²) in [6.45, 7) is 3.58. The first-order valence-electron chi connectivity index (χ1n) is 7.48. The lowest BCUT2D eigenvalue weighted by Crippen LogP contribution is -2.14. The van der Waals surface area contributed by atoms with Gasteiger partial charge in [0.15, 0.2) is 0 Å². The second-order valence-corrected chi connectivity index (χ2v) is 7.39. The summed E-state index contributed by atoms with van der Waals surface area (Å²) < 4.78 is 30.9. The molecule has 1 N–H and O–H groups in total. The Labute approximate surface area is 140 Å². The van der Waals surface area contributed by atoms with Gasteiger partial charge in [-0.15, -0.1) is 0 Å². The third-order valence-electron chi connectivity index (χ3n) is 3.49. The van der Waals surface area contributed by atoms with Gasteiger partial charge in [0.05, 0.1) is 5.75 Å². The first-order chi connectivity index (χ1) is 11.5. The summed E-state index contributed by atoms with van der Waals surface area (Å²) in [5.74, 6) is 0.931. The van der Waals surface area contributed by atoms with E-state index in [1.165, 1.54) is 0 Å². The molecule has 0 saturated heterocycles. The molecule has 3 rings (SSSR count). The van der Waals surface area contributed by atoms with Crippen LogP contribution in [0, 0.1) is 6.92 Å². The van der Waals surface area contributed by atoms with E-state index in [9.17, 15) is 8.42 Å². The van der Waals surface area contributed by atoms with Gasteiger partial charge in [-0.25, -0.2) is 8.42 Å². The molecule has 0 aliphatic carbocycles. The fourth-order valence-electron chi connectivity index (χ4n) is 2.18. The van der Waals surface area contributed by atoms with Crippen molar-refractivity contribution in [3.05, 3.63) is 54.1 Å². The topological polar surface area (TPSA) is 85.1 Å². The van der Waals surface area contributed by atoms with Crippen molar-refractivity contribution >= 4 is 15.7 Å². The minimum absolute atomic E-state index is 0.0272. The number of rotatable bonds is 5. The van der Waals surface area contributed by atoms with E-state index in [4.69, 9.17) is 4.52 Å². The van der Waals surface area contributed by atoms with E-state index in [1.54, 1.807) is 31.2 Å². The highest BCUT2D eigenvalue weighted by Crippen LogP contribution is 2.24. The summed E-state index contributed by atoms with van der Waals surface area (Å²) in [7, 11) is -3.29. The second-order valence-electron chi connectivity index (χ2n) is 5.38. The molecule has 0 bridgehead atoms. The molecule has 0 saturated carbocycles. The van der Waals surface area contributed by atoms with Crippen LogP contribution >= 0.6 is 0 Å². The third-order valence-corrected chi connectivity index (χ3v) is 4.79. The van der Waals surface area contributed by atoms with Crippen molar-refractivity contribution < 1.29 is 12.9 Å². The number of aryl methyl sites for hydroxylation is 1. The average Bonchev–Trinajstić information content (AvgIpc) is 3.05. The third kappa shape index (κ3) is 3.62. The van der Waals surface area contributed by atoms with E-state index in [0.29, 0.717) is 17.4 Å². The van der Waals surface area contributed by atoms with Crippen molar-refractivity contribution in [2.24, 2.45) is 0 Å². The molecule has 3 aromatic rings. The zero-order valence-corrected chi connectivity index (χ0v) is 14.2. The number of nitrogens with zero attached hydrogens (tertiary/aromatic N) is 2. The van der Waals surface area contributed by atoms with Gasteiger partial charge in [0.1, 0.15) is 0 Å². The van der Waals surface area contributed by atoms with E-state index in [1.807, 2.05) is 31.2 Å². The van der Waals surface area contributed by atoms with Gasteiger partial charge in [0, 0.05) is 16.8 Å². The highest BCUT2D eigenvalue weighted by molar-refractivity contribution is 7.92. The number of hydrogen-bond acceptors (Lipinski definition) is 5. The molecule has 2 aromatic carbocycles. The largest absolute Gasteiger partial charge is 0.334 e. The molecule has 0 aliphatic rings. The summed E-state index contributed by atoms with van der Waals surface area (Å²) in [6.07, 6.45) is 0. The van der Waals surface area contributed by atoms with Gasteiger partial charge in [0.2, 0.25) is 15.8 Å². The molecule has 0 amide bonds. The van der Waals surface area contributed by atoms with E-state index < -0.39 is 10.0 Å². The summed E-state index contributed by atoms with van der Waals surface area (Å²) in [5, 5.41) is 3.99. The van der Waals surface area contributed by atoms with Gasteiger partial charge in [0.25, 0.3) is 5.89 Å². The summed E-state index contributed by atoms with van der Waals surface area (Å²) in [5.41, 5.74) is 3.22. The Morgan fingerprint density at radius 1 is 1.08 bits per heavy atom. The second kappa shape index (κ2) is 6.45. The first-order valence-corrected chi connectivity index (χ1v) is 9.14. The fraction of sp³-hybridized carbons (Fsp3) is 0.176. The molecule has 6 nitrogen and oxygen atoms in total. The molecular weight excluding hydrogens is 326 g/mol. The van der Waals surface area contributed by atoms with Crippen LogP contribution in [0.1, 0.15) is 12.5 Å². The van der Waals surface area contributed by atoms with Crippen LogP contribution in [0.3, 0.4) is 0 Å². The number of hydrogen-bond donors (Lipinski definition) is 1. The predicted octanol–water partition coefficient (Wildman–Crippen LogP) is 3.47. The van der Waals surface area contributed by atoms with Crippen LogP contribution < -0.4 is 4.72 Å². The van der Waals surface area contributed by atoms with E-state index >= 15 is 0 Å². The van der Waals surface area contributed by atoms with Crippen molar-refractivity contribution in [1.29, 1.82) is 0 Å². The Bertz CT molecular complexity index is 947. The van der Waals surface area contributed by atoms with E-state index in [-0.39, 0.29) is 5.75 Å². The van der Waals surface area contributed by atoms with Crippen molar-refractivity contribution in [3.63, 3.8) is 0 Å². The minimum atomic E-state index is -3.29. The van der Waals surface area contributed by atoms with Crippen LogP contribution in [0.4, 0.5) is 5.69 Å². The number of sulfonamides is 1. The number of aromatic nitrogens is 2. The van der Waals surface area contributed by atoms with Crippen LogP contribution in [0.5, 0.6) is 0 Å². The number of anilines is 1. The summed E-state index contributed by atoms with van der Waals surface area (Å²) in [4.78, 5) is 4.40. The average molecular weight is 343 g/mol. The Balaban J connectivity index is 1.83. The maximum atomic E-state index is 11.6. The van der Waals surface area contributed by atoms with Crippen molar-refractivity contribution in [2.45, 2.75) is 13.8 Å². The number of benzene rings is 2. The molecule has 1 aromatic heterocycles. The van der Waals surface area contributed by atoms with Crippen LogP contribution in [0.25, 0.3) is 22.8 Å². The zero-order valence-electron chi connectivity index (χ0n) is 13.4. The van der Waals surface area contributed by atoms with Crippen molar-refractivity contribution in [2.75, 3.05) is 10.5 Å². The standard InChI is InChI=1S/C17H17N3O3S/c1-3-24(21,22)20-15-9-7-13(8-10-15)16-18-17(23-19-16)14-6-4-5-12(2)11-14/h4-11,20H,3H2,1-2H3. The summed E-state index contributed by atoms with van der Waals surface area (Å²) >= 11 is 0. The monoisotopic (exact) mass is 343 g/mol. The molecule has 124 valence electrons. The number of nitrogens with one attached hydrogen (secondary N) is 1. The molecule has 1 heterocycles. The van der Waals surface area contributed by atoms with Crippen LogP contribution in [0.2, 0.25) is 0 Å². The predicted molar refractivity (Wildman–Crippen MR) is 93.0 cm³/mol. The van der Waals surface area contributed by atoms with Gasteiger partial charge in [-0.3, -0.25) is 4.72 Å². The van der Waals surface area contributed by atoms with Crippen LogP contribution in [-0.4, -0.2) is 24.3 Å². The SMILES string of the molecule is CCS(=O)(=O)Nc1ccc(-c2noc(-c3cccc(C)c3)n2)cc1. The van der Waals surface area contributed by atoms with Crippen molar-refractivity contribution in [1.82, 2.24) is 10.1 Å². The van der Waals surface area contributed by atoms with Crippen LogP contribution in [0.15, 0.2) is 53.1 Å². The summed E-state index contributed by atoms with van der Waals surface area (Å²) in [6, 6.07) is 14.7. The molecule has 0 unspecified atom stereocenters. The highest BCUT2D eigenvalue weighted by atomic mass is 32.2. The van der Waals surface area contributed by atoms with Gasteiger partial charge in [-0.1, -0.05) is 22.9 Å². The lowest BCUT2D eigenvalue weighted by atomic mass is 10.1. The Hall–Kier alpha value is -2.67. The quantitative estimate of drug-likeness (QED) is 0.766. The minimum Gasteiger partial charge on any atom is -0.334 e. The van der Waals surface area contributed by atoms with Gasteiger partial charge < -0.3 is 4.52 Å². The molecule has 0 spiro atoms. The first kappa shape index (κ1) is 16.2. The molecule has 0 aliphatic heterocycles. The normalized spacial score (nSPS) is 11.4. The fourth-order valence-corrected chi connectivity index (χ4v) is 2.81. The molecule has 0 atom stereocenters. The van der Waals surface area contributed by atoms with Gasteiger partial charge in [-0.05, 0) is 50.2 Å². The maximum absolute atomic E-state index is 11.6. The molecule has 0 fully saturated rings. The Morgan fingerprint density at radius 3 is 2.50 bits per heavy atom.